The standard InChI is InChI=1S/C25H28N4O/c1-17-27-16-23(29(17)2)20-13-19-10-12-30-25(19)21(14-20)15-28-22-9-6-11-26-24(22)18-7-4-3-5-8-18/h3-5,7-8,10,12-14,16,22,24,26,28H,6,9,11,15H2,1-2H3/t22-,24-/m0/s1. The van der Waals surface area contributed by atoms with E-state index in [1.807, 2.05) is 19.2 Å². The van der Waals surface area contributed by atoms with Gasteiger partial charge in [0.25, 0.3) is 0 Å². The lowest BCUT2D eigenvalue weighted by atomic mass is 9.92. The SMILES string of the molecule is Cc1ncc(-c2cc(CN[C@H]3CCCN[C@H]3c3ccccc3)c3occc3c2)n1C. The van der Waals surface area contributed by atoms with Crippen molar-refractivity contribution in [3.8, 4) is 11.3 Å². The number of imidazole rings is 1. The van der Waals surface area contributed by atoms with Gasteiger partial charge in [-0.05, 0) is 50.1 Å². The Bertz CT molecular complexity index is 1140. The molecule has 5 nitrogen and oxygen atoms in total. The van der Waals surface area contributed by atoms with Crippen LogP contribution in [0.4, 0.5) is 0 Å². The molecule has 0 saturated carbocycles. The molecule has 2 atom stereocenters. The Kier molecular flexibility index (Phi) is 5.15. The van der Waals surface area contributed by atoms with E-state index in [-0.39, 0.29) is 0 Å². The molecule has 0 bridgehead atoms. The van der Waals surface area contributed by atoms with E-state index in [0.717, 1.165) is 42.0 Å². The molecule has 5 heteroatoms. The quantitative estimate of drug-likeness (QED) is 0.509. The summed E-state index contributed by atoms with van der Waals surface area (Å²) in [6.07, 6.45) is 6.08. The third kappa shape index (κ3) is 3.55. The summed E-state index contributed by atoms with van der Waals surface area (Å²) in [4.78, 5) is 4.47. The average molecular weight is 401 g/mol. The summed E-state index contributed by atoms with van der Waals surface area (Å²) in [6, 6.07) is 17.9. The van der Waals surface area contributed by atoms with E-state index in [9.17, 15) is 0 Å². The summed E-state index contributed by atoms with van der Waals surface area (Å²) in [6.45, 7) is 3.86. The lowest BCUT2D eigenvalue weighted by Crippen LogP contribution is -2.45. The molecule has 1 saturated heterocycles. The zero-order chi connectivity index (χ0) is 20.5. The van der Waals surface area contributed by atoms with Gasteiger partial charge in [0.15, 0.2) is 0 Å². The fraction of sp³-hybridized carbons (Fsp3) is 0.320. The Hall–Kier alpha value is -2.89. The van der Waals surface area contributed by atoms with Crippen molar-refractivity contribution in [3.05, 3.63) is 77.9 Å². The van der Waals surface area contributed by atoms with Crippen LogP contribution in [0, 0.1) is 6.92 Å². The zero-order valence-corrected chi connectivity index (χ0v) is 17.6. The first-order valence-electron chi connectivity index (χ1n) is 10.7. The maximum Gasteiger partial charge on any atom is 0.138 e. The van der Waals surface area contributed by atoms with Crippen LogP contribution in [-0.2, 0) is 13.6 Å². The van der Waals surface area contributed by atoms with Crippen LogP contribution in [0.3, 0.4) is 0 Å². The largest absolute Gasteiger partial charge is 0.464 e. The van der Waals surface area contributed by atoms with Gasteiger partial charge in [0.05, 0.1) is 18.2 Å². The molecule has 2 aromatic carbocycles. The Morgan fingerprint density at radius 2 is 2.07 bits per heavy atom. The number of hydrogen-bond donors (Lipinski definition) is 2. The number of piperidine rings is 1. The highest BCUT2D eigenvalue weighted by molar-refractivity contribution is 5.85. The van der Waals surface area contributed by atoms with Gasteiger partial charge in [-0.2, -0.15) is 0 Å². The lowest BCUT2D eigenvalue weighted by molar-refractivity contribution is 0.304. The number of hydrogen-bond acceptors (Lipinski definition) is 4. The second-order valence-electron chi connectivity index (χ2n) is 8.20. The van der Waals surface area contributed by atoms with E-state index in [1.54, 1.807) is 6.26 Å². The fourth-order valence-electron chi connectivity index (χ4n) is 4.57. The van der Waals surface area contributed by atoms with Gasteiger partial charge in [-0.1, -0.05) is 30.3 Å². The Morgan fingerprint density at radius 3 is 2.87 bits per heavy atom. The minimum Gasteiger partial charge on any atom is -0.464 e. The molecular formula is C25H28N4O. The van der Waals surface area contributed by atoms with Crippen molar-refractivity contribution in [3.63, 3.8) is 0 Å². The van der Waals surface area contributed by atoms with Crippen LogP contribution in [0.15, 0.2) is 65.4 Å². The molecule has 0 radical (unpaired) electrons. The van der Waals surface area contributed by atoms with Gasteiger partial charge in [0.1, 0.15) is 11.4 Å². The molecule has 3 heterocycles. The number of aryl methyl sites for hydroxylation is 1. The molecule has 5 rings (SSSR count). The predicted molar refractivity (Wildman–Crippen MR) is 120 cm³/mol. The second kappa shape index (κ2) is 8.09. The molecule has 4 aromatic rings. The van der Waals surface area contributed by atoms with Crippen molar-refractivity contribution in [1.29, 1.82) is 0 Å². The monoisotopic (exact) mass is 400 g/mol. The molecule has 154 valence electrons. The van der Waals surface area contributed by atoms with Crippen LogP contribution < -0.4 is 10.6 Å². The van der Waals surface area contributed by atoms with Crippen molar-refractivity contribution >= 4 is 11.0 Å². The maximum absolute atomic E-state index is 5.85. The van der Waals surface area contributed by atoms with E-state index >= 15 is 0 Å². The van der Waals surface area contributed by atoms with Crippen molar-refractivity contribution < 1.29 is 4.42 Å². The first-order chi connectivity index (χ1) is 14.7. The summed E-state index contributed by atoms with van der Waals surface area (Å²) in [5.41, 5.74) is 5.79. The number of benzene rings is 2. The normalized spacial score (nSPS) is 19.4. The summed E-state index contributed by atoms with van der Waals surface area (Å²) in [7, 11) is 2.06. The van der Waals surface area contributed by atoms with Crippen LogP contribution in [0.1, 0.15) is 35.8 Å². The van der Waals surface area contributed by atoms with Crippen molar-refractivity contribution in [2.75, 3.05) is 6.54 Å². The summed E-state index contributed by atoms with van der Waals surface area (Å²) < 4.78 is 7.98. The van der Waals surface area contributed by atoms with Gasteiger partial charge in [-0.15, -0.1) is 0 Å². The summed E-state index contributed by atoms with van der Waals surface area (Å²) >= 11 is 0. The number of rotatable bonds is 5. The number of nitrogens with one attached hydrogen (secondary N) is 2. The summed E-state index contributed by atoms with van der Waals surface area (Å²) in [5.74, 6) is 1.01. The van der Waals surface area contributed by atoms with Crippen LogP contribution in [0.2, 0.25) is 0 Å². The molecule has 0 spiro atoms. The van der Waals surface area contributed by atoms with E-state index in [2.05, 4.69) is 69.7 Å². The van der Waals surface area contributed by atoms with Gasteiger partial charge >= 0.3 is 0 Å². The first-order valence-corrected chi connectivity index (χ1v) is 10.7. The highest BCUT2D eigenvalue weighted by atomic mass is 16.3. The van der Waals surface area contributed by atoms with E-state index in [1.165, 1.54) is 23.1 Å². The first kappa shape index (κ1) is 19.1. The minimum atomic E-state index is 0.329. The highest BCUT2D eigenvalue weighted by Gasteiger charge is 2.26. The highest BCUT2D eigenvalue weighted by Crippen LogP contribution is 2.30. The topological polar surface area (TPSA) is 55.0 Å². The predicted octanol–water partition coefficient (Wildman–Crippen LogP) is 4.72. The van der Waals surface area contributed by atoms with Gasteiger partial charge in [-0.25, -0.2) is 4.98 Å². The molecule has 0 aliphatic carbocycles. The van der Waals surface area contributed by atoms with Gasteiger partial charge < -0.3 is 19.6 Å². The van der Waals surface area contributed by atoms with Crippen molar-refractivity contribution in [2.24, 2.45) is 7.05 Å². The molecule has 1 fully saturated rings. The number of fused-ring (bicyclic) bond motifs is 1. The molecule has 0 amide bonds. The zero-order valence-electron chi connectivity index (χ0n) is 17.6. The number of aromatic nitrogens is 2. The number of nitrogens with zero attached hydrogens (tertiary/aromatic N) is 2. The Morgan fingerprint density at radius 1 is 1.20 bits per heavy atom. The van der Waals surface area contributed by atoms with E-state index < -0.39 is 0 Å². The lowest BCUT2D eigenvalue weighted by Gasteiger charge is -2.34. The van der Waals surface area contributed by atoms with Gasteiger partial charge in [0.2, 0.25) is 0 Å². The third-order valence-electron chi connectivity index (χ3n) is 6.32. The van der Waals surface area contributed by atoms with E-state index in [4.69, 9.17) is 4.42 Å². The minimum absolute atomic E-state index is 0.329. The third-order valence-corrected chi connectivity index (χ3v) is 6.32. The van der Waals surface area contributed by atoms with Crippen LogP contribution in [0.25, 0.3) is 22.2 Å². The average Bonchev–Trinajstić information content (AvgIpc) is 3.39. The maximum atomic E-state index is 5.85. The molecule has 30 heavy (non-hydrogen) atoms. The Labute approximate surface area is 177 Å². The van der Waals surface area contributed by atoms with Crippen LogP contribution in [0.5, 0.6) is 0 Å². The molecular weight excluding hydrogens is 372 g/mol. The molecule has 1 aliphatic rings. The van der Waals surface area contributed by atoms with Crippen LogP contribution in [-0.4, -0.2) is 22.1 Å². The smallest absolute Gasteiger partial charge is 0.138 e. The Balaban J connectivity index is 1.43. The molecule has 1 aliphatic heterocycles. The summed E-state index contributed by atoms with van der Waals surface area (Å²) in [5, 5.41) is 8.66. The second-order valence-corrected chi connectivity index (χ2v) is 8.20. The van der Waals surface area contributed by atoms with Gasteiger partial charge in [-0.3, -0.25) is 0 Å². The fourth-order valence-corrected chi connectivity index (χ4v) is 4.57. The molecule has 0 unspecified atom stereocenters. The molecule has 2 aromatic heterocycles. The van der Waals surface area contributed by atoms with E-state index in [0.29, 0.717) is 12.1 Å². The van der Waals surface area contributed by atoms with Crippen molar-refractivity contribution in [1.82, 2.24) is 20.2 Å². The molecule has 2 N–H and O–H groups in total. The van der Waals surface area contributed by atoms with Crippen molar-refractivity contribution in [2.45, 2.75) is 38.4 Å². The van der Waals surface area contributed by atoms with Gasteiger partial charge in [0, 0.05) is 42.2 Å². The van der Waals surface area contributed by atoms with Crippen LogP contribution >= 0.6 is 0 Å². The number of furan rings is 1.